The van der Waals surface area contributed by atoms with Crippen molar-refractivity contribution in [1.82, 2.24) is 0 Å². The molecule has 7 heteroatoms. The van der Waals surface area contributed by atoms with Gasteiger partial charge in [-0.05, 0) is 42.2 Å². The van der Waals surface area contributed by atoms with Gasteiger partial charge in [0.05, 0.1) is 6.26 Å². The maximum atomic E-state index is 12.3. The molecule has 2 N–H and O–H groups in total. The number of anilines is 2. The molecule has 0 spiro atoms. The van der Waals surface area contributed by atoms with E-state index < -0.39 is 10.0 Å². The minimum Gasteiger partial charge on any atom is -0.326 e. The van der Waals surface area contributed by atoms with Crippen LogP contribution in [-0.2, 0) is 21.2 Å². The molecule has 150 valence electrons. The fraction of sp³-hybridized carbons (Fsp3) is 0.333. The van der Waals surface area contributed by atoms with Crippen molar-refractivity contribution >= 4 is 33.1 Å². The summed E-state index contributed by atoms with van der Waals surface area (Å²) in [5.74, 6) is 0.217. The summed E-state index contributed by atoms with van der Waals surface area (Å²) in [6.45, 7) is 4.29. The van der Waals surface area contributed by atoms with E-state index in [1.165, 1.54) is 5.56 Å². The van der Waals surface area contributed by atoms with Gasteiger partial charge in [-0.3, -0.25) is 14.3 Å². The number of Topliss-reactive ketones (excluding diaryl/α,β-unsaturated/α-hetero) is 1. The number of amides is 1. The number of hydrogen-bond acceptors (Lipinski definition) is 4. The summed E-state index contributed by atoms with van der Waals surface area (Å²) < 4.78 is 24.7. The number of sulfonamides is 1. The van der Waals surface area contributed by atoms with Crippen LogP contribution in [0.4, 0.5) is 11.4 Å². The summed E-state index contributed by atoms with van der Waals surface area (Å²) in [5, 5.41) is 2.70. The van der Waals surface area contributed by atoms with Crippen molar-refractivity contribution in [3.8, 4) is 0 Å². The highest BCUT2D eigenvalue weighted by Gasteiger charge is 2.10. The maximum absolute atomic E-state index is 12.3. The molecular weight excluding hydrogens is 376 g/mol. The molecule has 0 saturated heterocycles. The van der Waals surface area contributed by atoms with Crippen LogP contribution in [0.3, 0.4) is 0 Å². The second-order valence-electron chi connectivity index (χ2n) is 7.22. The third kappa shape index (κ3) is 7.52. The van der Waals surface area contributed by atoms with Crippen LogP contribution in [0.15, 0.2) is 48.5 Å². The lowest BCUT2D eigenvalue weighted by Gasteiger charge is -2.08. The first-order chi connectivity index (χ1) is 13.1. The Labute approximate surface area is 166 Å². The van der Waals surface area contributed by atoms with Gasteiger partial charge in [-0.15, -0.1) is 0 Å². The van der Waals surface area contributed by atoms with E-state index in [0.29, 0.717) is 22.9 Å². The molecular formula is C21H26N2O4S. The first kappa shape index (κ1) is 21.6. The molecule has 1 amide bonds. The van der Waals surface area contributed by atoms with Gasteiger partial charge in [0, 0.05) is 29.8 Å². The Hall–Kier alpha value is -2.67. The predicted octanol–water partition coefficient (Wildman–Crippen LogP) is 3.86. The molecule has 0 aliphatic carbocycles. The summed E-state index contributed by atoms with van der Waals surface area (Å²) in [7, 11) is -3.34. The lowest BCUT2D eigenvalue weighted by molar-refractivity contribution is -0.116. The van der Waals surface area contributed by atoms with E-state index >= 15 is 0 Å². The highest BCUT2D eigenvalue weighted by molar-refractivity contribution is 7.92. The van der Waals surface area contributed by atoms with E-state index in [2.05, 4.69) is 23.9 Å². The zero-order valence-electron chi connectivity index (χ0n) is 16.4. The molecule has 2 aromatic carbocycles. The van der Waals surface area contributed by atoms with Crippen LogP contribution < -0.4 is 10.0 Å². The maximum Gasteiger partial charge on any atom is 0.229 e. The fourth-order valence-electron chi connectivity index (χ4n) is 2.73. The Kier molecular flexibility index (Phi) is 7.34. The molecule has 0 heterocycles. The molecule has 0 aliphatic rings. The summed E-state index contributed by atoms with van der Waals surface area (Å²) >= 11 is 0. The van der Waals surface area contributed by atoms with Crippen molar-refractivity contribution in [3.05, 3.63) is 59.7 Å². The Bertz CT molecular complexity index is 918. The van der Waals surface area contributed by atoms with Crippen LogP contribution in [0.5, 0.6) is 0 Å². The third-order valence-electron chi connectivity index (χ3n) is 3.97. The number of carbonyl (C=O) groups is 2. The van der Waals surface area contributed by atoms with Crippen LogP contribution >= 0.6 is 0 Å². The molecule has 0 atom stereocenters. The molecule has 2 rings (SSSR count). The molecule has 2 aromatic rings. The van der Waals surface area contributed by atoms with Crippen molar-refractivity contribution in [2.45, 2.75) is 33.1 Å². The number of nitrogens with one attached hydrogen (secondary N) is 2. The lowest BCUT2D eigenvalue weighted by atomic mass is 9.99. The standard InChI is InChI=1S/C21H26N2O4S/c1-15(2)14-16-4-6-17(7-5-16)20(24)12-13-21(25)22-18-8-10-19(11-9-18)23-28(3,26)27/h4-11,15,23H,12-14H2,1-3H3,(H,22,25). The van der Waals surface area contributed by atoms with Crippen molar-refractivity contribution in [3.63, 3.8) is 0 Å². The summed E-state index contributed by atoms with van der Waals surface area (Å²) in [4.78, 5) is 24.3. The van der Waals surface area contributed by atoms with Gasteiger partial charge in [0.1, 0.15) is 0 Å². The molecule has 0 radical (unpaired) electrons. The van der Waals surface area contributed by atoms with Crippen LogP contribution in [0.2, 0.25) is 0 Å². The first-order valence-corrected chi connectivity index (χ1v) is 11.0. The summed E-state index contributed by atoms with van der Waals surface area (Å²) in [6, 6.07) is 13.8. The van der Waals surface area contributed by atoms with Gasteiger partial charge in [-0.2, -0.15) is 0 Å². The van der Waals surface area contributed by atoms with Crippen molar-refractivity contribution in [2.75, 3.05) is 16.3 Å². The normalized spacial score (nSPS) is 11.3. The highest BCUT2D eigenvalue weighted by Crippen LogP contribution is 2.16. The van der Waals surface area contributed by atoms with Gasteiger partial charge >= 0.3 is 0 Å². The van der Waals surface area contributed by atoms with Crippen molar-refractivity contribution in [2.24, 2.45) is 5.92 Å². The number of hydrogen-bond donors (Lipinski definition) is 2. The minimum absolute atomic E-state index is 0.0704. The highest BCUT2D eigenvalue weighted by atomic mass is 32.2. The molecule has 0 unspecified atom stereocenters. The van der Waals surface area contributed by atoms with Crippen molar-refractivity contribution in [1.29, 1.82) is 0 Å². The molecule has 28 heavy (non-hydrogen) atoms. The number of rotatable bonds is 9. The smallest absolute Gasteiger partial charge is 0.229 e. The Morgan fingerprint density at radius 2 is 1.46 bits per heavy atom. The number of carbonyl (C=O) groups excluding carboxylic acids is 2. The van der Waals surface area contributed by atoms with Gasteiger partial charge in [0.15, 0.2) is 5.78 Å². The SMILES string of the molecule is CC(C)Cc1ccc(C(=O)CCC(=O)Nc2ccc(NS(C)(=O)=O)cc2)cc1. The first-order valence-electron chi connectivity index (χ1n) is 9.12. The van der Waals surface area contributed by atoms with E-state index in [9.17, 15) is 18.0 Å². The number of benzene rings is 2. The Morgan fingerprint density at radius 1 is 0.893 bits per heavy atom. The molecule has 0 fully saturated rings. The average Bonchev–Trinajstić information content (AvgIpc) is 2.60. The van der Waals surface area contributed by atoms with Crippen molar-refractivity contribution < 1.29 is 18.0 Å². The van der Waals surface area contributed by atoms with Crippen LogP contribution in [0.1, 0.15) is 42.6 Å². The van der Waals surface area contributed by atoms with E-state index in [1.807, 2.05) is 24.3 Å². The molecule has 6 nitrogen and oxygen atoms in total. The molecule has 0 bridgehead atoms. The van der Waals surface area contributed by atoms with Gasteiger partial charge in [-0.1, -0.05) is 38.1 Å². The largest absolute Gasteiger partial charge is 0.326 e. The molecule has 0 aromatic heterocycles. The predicted molar refractivity (Wildman–Crippen MR) is 112 cm³/mol. The monoisotopic (exact) mass is 402 g/mol. The van der Waals surface area contributed by atoms with Crippen LogP contribution in [0, 0.1) is 5.92 Å². The van der Waals surface area contributed by atoms with Gasteiger partial charge < -0.3 is 5.32 Å². The minimum atomic E-state index is -3.34. The number of ketones is 1. The Balaban J connectivity index is 1.84. The summed E-state index contributed by atoms with van der Waals surface area (Å²) in [5.41, 5.74) is 2.75. The quantitative estimate of drug-likeness (QED) is 0.623. The topological polar surface area (TPSA) is 92.3 Å². The van der Waals surface area contributed by atoms with E-state index in [4.69, 9.17) is 0 Å². The zero-order valence-corrected chi connectivity index (χ0v) is 17.2. The van der Waals surface area contributed by atoms with E-state index in [1.54, 1.807) is 24.3 Å². The lowest BCUT2D eigenvalue weighted by Crippen LogP contribution is -2.14. The molecule has 0 aliphatic heterocycles. The third-order valence-corrected chi connectivity index (χ3v) is 4.58. The van der Waals surface area contributed by atoms with Gasteiger partial charge in [0.25, 0.3) is 0 Å². The Morgan fingerprint density at radius 3 is 2.00 bits per heavy atom. The van der Waals surface area contributed by atoms with E-state index in [0.717, 1.165) is 12.7 Å². The fourth-order valence-corrected chi connectivity index (χ4v) is 3.29. The molecule has 0 saturated carbocycles. The van der Waals surface area contributed by atoms with Gasteiger partial charge in [-0.25, -0.2) is 8.42 Å². The summed E-state index contributed by atoms with van der Waals surface area (Å²) in [6.07, 6.45) is 2.24. The zero-order chi connectivity index (χ0) is 20.7. The average molecular weight is 403 g/mol. The van der Waals surface area contributed by atoms with Gasteiger partial charge in [0.2, 0.25) is 15.9 Å². The second kappa shape index (κ2) is 9.50. The van der Waals surface area contributed by atoms with Crippen LogP contribution in [0.25, 0.3) is 0 Å². The van der Waals surface area contributed by atoms with Crippen LogP contribution in [-0.4, -0.2) is 26.4 Å². The second-order valence-corrected chi connectivity index (χ2v) is 8.97. The van der Waals surface area contributed by atoms with E-state index in [-0.39, 0.29) is 24.5 Å².